The van der Waals surface area contributed by atoms with Crippen molar-refractivity contribution in [3.8, 4) is 0 Å². The van der Waals surface area contributed by atoms with Gasteiger partial charge in [0.05, 0.1) is 4.90 Å². The molecular weight excluding hydrogens is 292 g/mol. The Bertz CT molecular complexity index is 525. The molecule has 0 amide bonds. The lowest BCUT2D eigenvalue weighted by Crippen LogP contribution is -2.31. The molecule has 6 heteroatoms. The maximum absolute atomic E-state index is 12.5. The third kappa shape index (κ3) is 4.56. The van der Waals surface area contributed by atoms with E-state index in [0.29, 0.717) is 11.4 Å². The summed E-state index contributed by atoms with van der Waals surface area (Å²) >= 11 is 1.46. The molecule has 0 radical (unpaired) electrons. The van der Waals surface area contributed by atoms with Crippen LogP contribution in [0.1, 0.15) is 18.2 Å². The zero-order valence-electron chi connectivity index (χ0n) is 11.8. The van der Waals surface area contributed by atoms with Crippen LogP contribution < -0.4 is 5.32 Å². The zero-order valence-corrected chi connectivity index (χ0v) is 13.5. The van der Waals surface area contributed by atoms with E-state index in [1.807, 2.05) is 0 Å². The molecule has 0 unspecified atom stereocenters. The van der Waals surface area contributed by atoms with Crippen molar-refractivity contribution in [1.82, 2.24) is 9.62 Å². The highest BCUT2D eigenvalue weighted by molar-refractivity contribution is 7.89. The summed E-state index contributed by atoms with van der Waals surface area (Å²) in [6.45, 7) is 11.5. The van der Waals surface area contributed by atoms with Gasteiger partial charge in [0.25, 0.3) is 0 Å². The summed E-state index contributed by atoms with van der Waals surface area (Å²) in [5, 5.41) is 4.96. The highest BCUT2D eigenvalue weighted by Crippen LogP contribution is 2.22. The van der Waals surface area contributed by atoms with Crippen LogP contribution in [0.5, 0.6) is 0 Å². The molecule has 0 atom stereocenters. The normalized spacial score (nSPS) is 11.7. The molecule has 0 aliphatic heterocycles. The number of hydrogen-bond donors (Lipinski definition) is 1. The summed E-state index contributed by atoms with van der Waals surface area (Å²) in [6.07, 6.45) is 4.22. The molecule has 0 saturated carbocycles. The average molecular weight is 314 g/mol. The Morgan fingerprint density at radius 1 is 1.35 bits per heavy atom. The van der Waals surface area contributed by atoms with Crippen molar-refractivity contribution in [1.29, 1.82) is 0 Å². The van der Waals surface area contributed by atoms with Gasteiger partial charge in [-0.05, 0) is 19.0 Å². The van der Waals surface area contributed by atoms with Crippen LogP contribution in [-0.2, 0) is 16.6 Å². The summed E-state index contributed by atoms with van der Waals surface area (Å²) in [6, 6.07) is 1.74. The predicted molar refractivity (Wildman–Crippen MR) is 85.5 cm³/mol. The molecule has 1 rings (SSSR count). The fourth-order valence-electron chi connectivity index (χ4n) is 1.68. The number of thiophene rings is 1. The fraction of sp³-hybridized carbons (Fsp3) is 0.429. The van der Waals surface area contributed by atoms with Gasteiger partial charge in [-0.2, -0.15) is 4.31 Å². The van der Waals surface area contributed by atoms with Crippen molar-refractivity contribution >= 4 is 21.4 Å². The topological polar surface area (TPSA) is 49.4 Å². The van der Waals surface area contributed by atoms with Crippen molar-refractivity contribution < 1.29 is 8.42 Å². The van der Waals surface area contributed by atoms with E-state index in [0.717, 1.165) is 17.8 Å². The summed E-state index contributed by atoms with van der Waals surface area (Å²) in [7, 11) is -3.46. The molecule has 0 saturated heterocycles. The standard InChI is InChI=1S/C14H22N2O2S2/c1-4-7-15-11-13-10-14(12-19-13)20(17,18)16(8-5-2)9-6-3/h5-6,10,12,15H,2-4,7-9,11H2,1H3. The lowest BCUT2D eigenvalue weighted by molar-refractivity contribution is 0.474. The van der Waals surface area contributed by atoms with E-state index in [1.165, 1.54) is 15.6 Å². The molecule has 20 heavy (non-hydrogen) atoms. The van der Waals surface area contributed by atoms with Gasteiger partial charge in [0.2, 0.25) is 10.0 Å². The van der Waals surface area contributed by atoms with Gasteiger partial charge in [-0.1, -0.05) is 19.1 Å². The van der Waals surface area contributed by atoms with E-state index < -0.39 is 10.0 Å². The molecule has 1 N–H and O–H groups in total. The summed E-state index contributed by atoms with van der Waals surface area (Å²) in [5.74, 6) is 0. The van der Waals surface area contributed by atoms with E-state index in [1.54, 1.807) is 23.6 Å². The molecule has 0 aliphatic carbocycles. The van der Waals surface area contributed by atoms with Crippen molar-refractivity contribution in [2.24, 2.45) is 0 Å². The first-order chi connectivity index (χ1) is 9.56. The van der Waals surface area contributed by atoms with Gasteiger partial charge in [-0.3, -0.25) is 0 Å². The largest absolute Gasteiger partial charge is 0.312 e. The third-order valence-corrected chi connectivity index (χ3v) is 5.55. The van der Waals surface area contributed by atoms with Gasteiger partial charge >= 0.3 is 0 Å². The maximum Gasteiger partial charge on any atom is 0.244 e. The SMILES string of the molecule is C=CCN(CC=C)S(=O)(=O)c1csc(CNCCC)c1. The first-order valence-electron chi connectivity index (χ1n) is 6.56. The van der Waals surface area contributed by atoms with Crippen LogP contribution in [0.3, 0.4) is 0 Å². The van der Waals surface area contributed by atoms with Crippen molar-refractivity contribution in [2.45, 2.75) is 24.8 Å². The van der Waals surface area contributed by atoms with Crippen LogP contribution >= 0.6 is 11.3 Å². The highest BCUT2D eigenvalue weighted by Gasteiger charge is 2.23. The van der Waals surface area contributed by atoms with Gasteiger partial charge in [0.15, 0.2) is 0 Å². The second kappa shape index (κ2) is 8.36. The third-order valence-electron chi connectivity index (χ3n) is 2.66. The van der Waals surface area contributed by atoms with E-state index in [4.69, 9.17) is 0 Å². The molecule has 0 bridgehead atoms. The molecule has 1 heterocycles. The van der Waals surface area contributed by atoms with E-state index in [-0.39, 0.29) is 13.1 Å². The first kappa shape index (κ1) is 17.1. The molecule has 112 valence electrons. The Kier molecular flexibility index (Phi) is 7.15. The van der Waals surface area contributed by atoms with Gasteiger partial charge < -0.3 is 5.32 Å². The molecular formula is C14H22N2O2S2. The predicted octanol–water partition coefficient (Wildman–Crippen LogP) is 2.61. The smallest absolute Gasteiger partial charge is 0.244 e. The molecule has 0 fully saturated rings. The molecule has 0 aromatic carbocycles. The van der Waals surface area contributed by atoms with Crippen molar-refractivity contribution in [3.63, 3.8) is 0 Å². The molecule has 0 spiro atoms. The number of nitrogens with one attached hydrogen (secondary N) is 1. The van der Waals surface area contributed by atoms with E-state index >= 15 is 0 Å². The monoisotopic (exact) mass is 314 g/mol. The van der Waals surface area contributed by atoms with Gasteiger partial charge in [0, 0.05) is 29.9 Å². The minimum Gasteiger partial charge on any atom is -0.312 e. The minimum atomic E-state index is -3.46. The maximum atomic E-state index is 12.5. The second-order valence-electron chi connectivity index (χ2n) is 4.32. The van der Waals surface area contributed by atoms with Crippen molar-refractivity contribution in [2.75, 3.05) is 19.6 Å². The zero-order chi connectivity index (χ0) is 15.0. The number of nitrogens with zero attached hydrogens (tertiary/aromatic N) is 1. The van der Waals surface area contributed by atoms with Gasteiger partial charge in [0.1, 0.15) is 0 Å². The number of hydrogen-bond acceptors (Lipinski definition) is 4. The Morgan fingerprint density at radius 3 is 2.55 bits per heavy atom. The van der Waals surface area contributed by atoms with Crippen molar-refractivity contribution in [3.05, 3.63) is 41.6 Å². The van der Waals surface area contributed by atoms with Gasteiger partial charge in [-0.15, -0.1) is 24.5 Å². The van der Waals surface area contributed by atoms with Crippen LogP contribution in [0.4, 0.5) is 0 Å². The lowest BCUT2D eigenvalue weighted by atomic mass is 10.4. The molecule has 1 aromatic heterocycles. The Balaban J connectivity index is 2.85. The molecule has 4 nitrogen and oxygen atoms in total. The minimum absolute atomic E-state index is 0.285. The Labute approximate surface area is 125 Å². The van der Waals surface area contributed by atoms with Crippen LogP contribution in [0, 0.1) is 0 Å². The summed E-state index contributed by atoms with van der Waals surface area (Å²) in [5.41, 5.74) is 0. The lowest BCUT2D eigenvalue weighted by Gasteiger charge is -2.17. The second-order valence-corrected chi connectivity index (χ2v) is 7.26. The molecule has 0 aliphatic rings. The van der Waals surface area contributed by atoms with E-state index in [2.05, 4.69) is 25.4 Å². The summed E-state index contributed by atoms with van der Waals surface area (Å²) < 4.78 is 26.3. The quantitative estimate of drug-likeness (QED) is 0.533. The fourth-order valence-corrected chi connectivity index (χ4v) is 4.30. The Hall–Kier alpha value is -0.950. The first-order valence-corrected chi connectivity index (χ1v) is 8.88. The average Bonchev–Trinajstić information content (AvgIpc) is 2.88. The molecule has 1 aromatic rings. The summed E-state index contributed by atoms with van der Waals surface area (Å²) in [4.78, 5) is 1.37. The highest BCUT2D eigenvalue weighted by atomic mass is 32.2. The van der Waals surface area contributed by atoms with Crippen LogP contribution in [0.15, 0.2) is 41.7 Å². The van der Waals surface area contributed by atoms with Crippen LogP contribution in [0.2, 0.25) is 0 Å². The van der Waals surface area contributed by atoms with Gasteiger partial charge in [-0.25, -0.2) is 8.42 Å². The van der Waals surface area contributed by atoms with Crippen LogP contribution in [-0.4, -0.2) is 32.4 Å². The van der Waals surface area contributed by atoms with Crippen LogP contribution in [0.25, 0.3) is 0 Å². The number of sulfonamides is 1. The van der Waals surface area contributed by atoms with E-state index in [9.17, 15) is 8.42 Å². The number of rotatable bonds is 10. The Morgan fingerprint density at radius 2 is 2.00 bits per heavy atom.